The zero-order chi connectivity index (χ0) is 10.4. The molecule has 1 rings (SSSR count). The molecule has 0 heterocycles. The summed E-state index contributed by atoms with van der Waals surface area (Å²) in [7, 11) is 0. The minimum atomic E-state index is 0.0907. The summed E-state index contributed by atoms with van der Waals surface area (Å²) in [5, 5.41) is 0. The Kier molecular flexibility index (Phi) is 3.86. The zero-order valence-corrected chi connectivity index (χ0v) is 8.36. The Morgan fingerprint density at radius 2 is 2.00 bits per heavy atom. The van der Waals surface area contributed by atoms with Gasteiger partial charge in [0.15, 0.2) is 5.78 Å². The molecule has 0 radical (unpaired) electrons. The summed E-state index contributed by atoms with van der Waals surface area (Å²) in [6.07, 6.45) is 4.22. The van der Waals surface area contributed by atoms with Crippen LogP contribution >= 0.6 is 0 Å². The second kappa shape index (κ2) is 5.18. The molecule has 0 aromatic heterocycles. The summed E-state index contributed by atoms with van der Waals surface area (Å²) < 4.78 is 0. The Balaban J connectivity index is 2.90. The monoisotopic (exact) mass is 186 g/mol. The Hall–Kier alpha value is -1.63. The molecule has 1 heteroatoms. The number of hydrogen-bond acceptors (Lipinski definition) is 1. The van der Waals surface area contributed by atoms with Gasteiger partial charge in [0.25, 0.3) is 0 Å². The molecule has 0 aliphatic heterocycles. The van der Waals surface area contributed by atoms with Crippen molar-refractivity contribution in [2.45, 2.75) is 13.3 Å². The number of ketones is 1. The highest BCUT2D eigenvalue weighted by atomic mass is 16.1. The van der Waals surface area contributed by atoms with Gasteiger partial charge in [0.2, 0.25) is 0 Å². The van der Waals surface area contributed by atoms with Gasteiger partial charge in [-0.05, 0) is 18.9 Å². The molecular formula is C13H14O. The van der Waals surface area contributed by atoms with Gasteiger partial charge in [-0.3, -0.25) is 4.79 Å². The number of benzene rings is 1. The molecular weight excluding hydrogens is 172 g/mol. The first kappa shape index (κ1) is 10.5. The lowest BCUT2D eigenvalue weighted by molar-refractivity contribution is 0.103. The molecule has 0 bridgehead atoms. The first-order valence-electron chi connectivity index (χ1n) is 4.65. The predicted octanol–water partition coefficient (Wildman–Crippen LogP) is 3.39. The molecule has 72 valence electrons. The van der Waals surface area contributed by atoms with Gasteiger partial charge in [-0.25, -0.2) is 0 Å². The number of carbonyl (C=O) groups excluding carboxylic acids is 1. The van der Waals surface area contributed by atoms with Gasteiger partial charge in [-0.2, -0.15) is 0 Å². The predicted molar refractivity (Wildman–Crippen MR) is 59.3 cm³/mol. The van der Waals surface area contributed by atoms with E-state index in [0.717, 1.165) is 11.1 Å². The molecule has 14 heavy (non-hydrogen) atoms. The number of rotatable bonds is 4. The van der Waals surface area contributed by atoms with Gasteiger partial charge in [0, 0.05) is 5.56 Å². The summed E-state index contributed by atoms with van der Waals surface area (Å²) in [6, 6.07) is 9.30. The van der Waals surface area contributed by atoms with Gasteiger partial charge >= 0.3 is 0 Å². The zero-order valence-electron chi connectivity index (χ0n) is 8.36. The lowest BCUT2D eigenvalue weighted by atomic mass is 10.0. The SMILES string of the molecule is C=CC/C(=C/C)C(=O)c1ccccc1. The van der Waals surface area contributed by atoms with Crippen LogP contribution in [0.2, 0.25) is 0 Å². The second-order valence-corrected chi connectivity index (χ2v) is 3.00. The van der Waals surface area contributed by atoms with E-state index in [-0.39, 0.29) is 5.78 Å². The summed E-state index contributed by atoms with van der Waals surface area (Å²) >= 11 is 0. The van der Waals surface area contributed by atoms with E-state index in [0.29, 0.717) is 6.42 Å². The van der Waals surface area contributed by atoms with Crippen LogP contribution in [-0.2, 0) is 0 Å². The van der Waals surface area contributed by atoms with E-state index in [1.165, 1.54) is 0 Å². The van der Waals surface area contributed by atoms with Crippen LogP contribution in [0, 0.1) is 0 Å². The van der Waals surface area contributed by atoms with E-state index in [9.17, 15) is 4.79 Å². The molecule has 0 saturated carbocycles. The van der Waals surface area contributed by atoms with Crippen LogP contribution in [0.15, 0.2) is 54.6 Å². The fraction of sp³-hybridized carbons (Fsp3) is 0.154. The van der Waals surface area contributed by atoms with Crippen LogP contribution in [0.4, 0.5) is 0 Å². The van der Waals surface area contributed by atoms with Crippen LogP contribution in [0.1, 0.15) is 23.7 Å². The number of carbonyl (C=O) groups is 1. The quantitative estimate of drug-likeness (QED) is 0.400. The van der Waals surface area contributed by atoms with Crippen LogP contribution < -0.4 is 0 Å². The third-order valence-electron chi connectivity index (χ3n) is 2.04. The highest BCUT2D eigenvalue weighted by molar-refractivity contribution is 6.08. The Labute approximate surface area is 84.8 Å². The second-order valence-electron chi connectivity index (χ2n) is 3.00. The fourth-order valence-corrected chi connectivity index (χ4v) is 1.27. The van der Waals surface area contributed by atoms with E-state index in [4.69, 9.17) is 0 Å². The molecule has 1 aromatic carbocycles. The highest BCUT2D eigenvalue weighted by Crippen LogP contribution is 2.11. The molecule has 1 aromatic rings. The summed E-state index contributed by atoms with van der Waals surface area (Å²) in [4.78, 5) is 11.8. The maximum absolute atomic E-state index is 11.8. The van der Waals surface area contributed by atoms with Gasteiger partial charge < -0.3 is 0 Å². The van der Waals surface area contributed by atoms with Crippen molar-refractivity contribution < 1.29 is 4.79 Å². The van der Waals surface area contributed by atoms with Crippen LogP contribution in [-0.4, -0.2) is 5.78 Å². The molecule has 0 amide bonds. The minimum absolute atomic E-state index is 0.0907. The summed E-state index contributed by atoms with van der Waals surface area (Å²) in [5.41, 5.74) is 1.54. The average molecular weight is 186 g/mol. The standard InChI is InChI=1S/C13H14O/c1-3-8-11(4-2)13(14)12-9-6-5-7-10-12/h3-7,9-10H,1,8H2,2H3/b11-4-. The molecule has 0 atom stereocenters. The molecule has 0 N–H and O–H groups in total. The molecule has 0 aliphatic carbocycles. The third kappa shape index (κ3) is 2.43. The fourth-order valence-electron chi connectivity index (χ4n) is 1.27. The molecule has 0 aliphatic rings. The number of hydrogen-bond donors (Lipinski definition) is 0. The van der Waals surface area contributed by atoms with Crippen molar-refractivity contribution in [3.05, 3.63) is 60.2 Å². The van der Waals surface area contributed by atoms with Crippen molar-refractivity contribution in [3.8, 4) is 0 Å². The molecule has 1 nitrogen and oxygen atoms in total. The van der Waals surface area contributed by atoms with Gasteiger partial charge in [-0.15, -0.1) is 6.58 Å². The average Bonchev–Trinajstić information content (AvgIpc) is 2.26. The first-order valence-corrected chi connectivity index (χ1v) is 4.65. The van der Waals surface area contributed by atoms with Crippen molar-refractivity contribution in [1.29, 1.82) is 0 Å². The first-order chi connectivity index (χ1) is 6.79. The Morgan fingerprint density at radius 3 is 2.50 bits per heavy atom. The Morgan fingerprint density at radius 1 is 1.36 bits per heavy atom. The van der Waals surface area contributed by atoms with E-state index in [1.54, 1.807) is 6.08 Å². The lowest BCUT2D eigenvalue weighted by Crippen LogP contribution is -2.02. The molecule has 0 spiro atoms. The van der Waals surface area contributed by atoms with Crippen molar-refractivity contribution in [2.24, 2.45) is 0 Å². The van der Waals surface area contributed by atoms with Crippen LogP contribution in [0.25, 0.3) is 0 Å². The van der Waals surface area contributed by atoms with Crippen LogP contribution in [0.3, 0.4) is 0 Å². The van der Waals surface area contributed by atoms with Crippen molar-refractivity contribution in [2.75, 3.05) is 0 Å². The number of allylic oxidation sites excluding steroid dienone is 3. The minimum Gasteiger partial charge on any atom is -0.289 e. The maximum Gasteiger partial charge on any atom is 0.188 e. The maximum atomic E-state index is 11.8. The van der Waals surface area contributed by atoms with Gasteiger partial charge in [0.05, 0.1) is 0 Å². The third-order valence-corrected chi connectivity index (χ3v) is 2.04. The largest absolute Gasteiger partial charge is 0.289 e. The molecule has 0 unspecified atom stereocenters. The van der Waals surface area contributed by atoms with Crippen molar-refractivity contribution in [1.82, 2.24) is 0 Å². The van der Waals surface area contributed by atoms with E-state index in [1.807, 2.05) is 43.3 Å². The van der Waals surface area contributed by atoms with Crippen molar-refractivity contribution in [3.63, 3.8) is 0 Å². The van der Waals surface area contributed by atoms with Gasteiger partial charge in [0.1, 0.15) is 0 Å². The van der Waals surface area contributed by atoms with E-state index in [2.05, 4.69) is 6.58 Å². The van der Waals surface area contributed by atoms with E-state index >= 15 is 0 Å². The normalized spacial score (nSPS) is 11.1. The molecule has 0 fully saturated rings. The Bertz CT molecular complexity index is 347. The van der Waals surface area contributed by atoms with E-state index < -0.39 is 0 Å². The summed E-state index contributed by atoms with van der Waals surface area (Å²) in [6.45, 7) is 5.51. The smallest absolute Gasteiger partial charge is 0.188 e. The highest BCUT2D eigenvalue weighted by Gasteiger charge is 2.08. The van der Waals surface area contributed by atoms with Crippen LogP contribution in [0.5, 0.6) is 0 Å². The van der Waals surface area contributed by atoms with Gasteiger partial charge in [-0.1, -0.05) is 42.5 Å². The summed E-state index contributed by atoms with van der Waals surface area (Å²) in [5.74, 6) is 0.0907. The number of Topliss-reactive ketones (excluding diaryl/α,β-unsaturated/α-hetero) is 1. The van der Waals surface area contributed by atoms with Crippen molar-refractivity contribution >= 4 is 5.78 Å². The lowest BCUT2D eigenvalue weighted by Gasteiger charge is -2.02. The molecule has 0 saturated heterocycles. The topological polar surface area (TPSA) is 17.1 Å².